The van der Waals surface area contributed by atoms with Gasteiger partial charge in [0.2, 0.25) is 0 Å². The summed E-state index contributed by atoms with van der Waals surface area (Å²) >= 11 is 0. The zero-order valence-corrected chi connectivity index (χ0v) is 11.7. The van der Waals surface area contributed by atoms with Crippen molar-refractivity contribution in [3.05, 3.63) is 34.4 Å². The molecule has 1 saturated carbocycles. The summed E-state index contributed by atoms with van der Waals surface area (Å²) in [6, 6.07) is 5.42. The van der Waals surface area contributed by atoms with Crippen LogP contribution in [0.2, 0.25) is 0 Å². The Morgan fingerprint density at radius 1 is 1.43 bits per heavy atom. The number of urea groups is 1. The summed E-state index contributed by atoms with van der Waals surface area (Å²) in [6.07, 6.45) is 4.52. The molecule has 2 amide bonds. The van der Waals surface area contributed by atoms with Crippen LogP contribution in [-0.4, -0.2) is 23.5 Å². The quantitative estimate of drug-likeness (QED) is 0.571. The van der Waals surface area contributed by atoms with Crippen LogP contribution in [0, 0.1) is 16.0 Å². The number of anilines is 1. The smallest absolute Gasteiger partial charge is 0.319 e. The van der Waals surface area contributed by atoms with Gasteiger partial charge in [0.25, 0.3) is 5.69 Å². The standard InChI is InChI=1S/C14H20N4O3/c15-9-13(10-4-1-2-5-10)17-14(19)16-11-6-3-7-12(8-11)18(20)21/h3,6-8,10,13H,1-2,4-5,9,15H2,(H2,16,17,19). The summed E-state index contributed by atoms with van der Waals surface area (Å²) in [5.74, 6) is 0.422. The zero-order chi connectivity index (χ0) is 15.2. The summed E-state index contributed by atoms with van der Waals surface area (Å²) in [5, 5.41) is 16.2. The Morgan fingerprint density at radius 3 is 2.76 bits per heavy atom. The largest absolute Gasteiger partial charge is 0.334 e. The number of hydrogen-bond donors (Lipinski definition) is 3. The van der Waals surface area contributed by atoms with E-state index < -0.39 is 4.92 Å². The molecule has 7 nitrogen and oxygen atoms in total. The lowest BCUT2D eigenvalue weighted by Crippen LogP contribution is -2.46. The normalized spacial score (nSPS) is 16.4. The van der Waals surface area contributed by atoms with E-state index in [1.807, 2.05) is 0 Å². The van der Waals surface area contributed by atoms with Crippen molar-refractivity contribution in [3.8, 4) is 0 Å². The molecule has 21 heavy (non-hydrogen) atoms. The highest BCUT2D eigenvalue weighted by Gasteiger charge is 2.25. The minimum atomic E-state index is -0.496. The molecular weight excluding hydrogens is 272 g/mol. The molecule has 1 fully saturated rings. The molecule has 1 atom stereocenters. The maximum absolute atomic E-state index is 12.0. The minimum Gasteiger partial charge on any atom is -0.334 e. The molecule has 7 heteroatoms. The number of nitrogens with zero attached hydrogens (tertiary/aromatic N) is 1. The van der Waals surface area contributed by atoms with Crippen LogP contribution in [0.5, 0.6) is 0 Å². The van der Waals surface area contributed by atoms with E-state index in [4.69, 9.17) is 5.73 Å². The molecule has 4 N–H and O–H groups in total. The topological polar surface area (TPSA) is 110 Å². The Balaban J connectivity index is 1.94. The van der Waals surface area contributed by atoms with Crippen molar-refractivity contribution < 1.29 is 9.72 Å². The Bertz CT molecular complexity index is 515. The Hall–Kier alpha value is -2.15. The molecule has 1 unspecified atom stereocenters. The maximum Gasteiger partial charge on any atom is 0.319 e. The number of nitrogens with two attached hydrogens (primary N) is 1. The molecule has 0 radical (unpaired) electrons. The van der Waals surface area contributed by atoms with Gasteiger partial charge in [0.05, 0.1) is 4.92 Å². The fraction of sp³-hybridized carbons (Fsp3) is 0.500. The lowest BCUT2D eigenvalue weighted by Gasteiger charge is -2.23. The number of amides is 2. The Labute approximate surface area is 123 Å². The van der Waals surface area contributed by atoms with E-state index in [-0.39, 0.29) is 17.8 Å². The second-order valence-electron chi connectivity index (χ2n) is 5.29. The molecule has 0 bridgehead atoms. The minimum absolute atomic E-state index is 0.0498. The number of nitro benzene ring substituents is 1. The summed E-state index contributed by atoms with van der Waals surface area (Å²) in [7, 11) is 0. The number of rotatable bonds is 5. The van der Waals surface area contributed by atoms with Gasteiger partial charge < -0.3 is 16.4 Å². The molecule has 0 spiro atoms. The van der Waals surface area contributed by atoms with Crippen molar-refractivity contribution in [3.63, 3.8) is 0 Å². The Kier molecular flexibility index (Phi) is 5.10. The van der Waals surface area contributed by atoms with Crippen LogP contribution in [0.1, 0.15) is 25.7 Å². The molecule has 1 aromatic carbocycles. The molecule has 114 valence electrons. The first-order chi connectivity index (χ1) is 10.1. The third kappa shape index (κ3) is 4.16. The number of hydrogen-bond acceptors (Lipinski definition) is 4. The van der Waals surface area contributed by atoms with Crippen LogP contribution in [0.4, 0.5) is 16.2 Å². The van der Waals surface area contributed by atoms with Crippen LogP contribution in [-0.2, 0) is 0 Å². The molecule has 2 rings (SSSR count). The number of benzene rings is 1. The SMILES string of the molecule is NCC(NC(=O)Nc1cccc([N+](=O)[O-])c1)C1CCCC1. The summed E-state index contributed by atoms with van der Waals surface area (Å²) in [5.41, 5.74) is 6.06. The summed E-state index contributed by atoms with van der Waals surface area (Å²) in [4.78, 5) is 22.2. The number of carbonyl (C=O) groups excluding carboxylic acids is 1. The zero-order valence-electron chi connectivity index (χ0n) is 11.7. The second kappa shape index (κ2) is 7.03. The van der Waals surface area contributed by atoms with E-state index >= 15 is 0 Å². The number of non-ortho nitro benzene ring substituents is 1. The number of nitro groups is 1. The van der Waals surface area contributed by atoms with Gasteiger partial charge in [0.1, 0.15) is 0 Å². The van der Waals surface area contributed by atoms with E-state index in [0.29, 0.717) is 18.2 Å². The third-order valence-electron chi connectivity index (χ3n) is 3.85. The molecule has 0 aromatic heterocycles. The van der Waals surface area contributed by atoms with Gasteiger partial charge in [0.15, 0.2) is 0 Å². The van der Waals surface area contributed by atoms with Crippen molar-refractivity contribution in [1.82, 2.24) is 5.32 Å². The molecule has 1 aliphatic rings. The predicted molar refractivity (Wildman–Crippen MR) is 80.1 cm³/mol. The lowest BCUT2D eigenvalue weighted by molar-refractivity contribution is -0.384. The third-order valence-corrected chi connectivity index (χ3v) is 3.85. The van der Waals surface area contributed by atoms with Gasteiger partial charge in [-0.25, -0.2) is 4.79 Å². The first kappa shape index (κ1) is 15.2. The van der Waals surface area contributed by atoms with Crippen LogP contribution >= 0.6 is 0 Å². The highest BCUT2D eigenvalue weighted by Crippen LogP contribution is 2.27. The second-order valence-corrected chi connectivity index (χ2v) is 5.29. The van der Waals surface area contributed by atoms with Crippen molar-refractivity contribution in [2.75, 3.05) is 11.9 Å². The van der Waals surface area contributed by atoms with E-state index in [1.54, 1.807) is 6.07 Å². The van der Waals surface area contributed by atoms with Crippen molar-refractivity contribution >= 4 is 17.4 Å². The molecule has 0 aliphatic heterocycles. The van der Waals surface area contributed by atoms with E-state index in [2.05, 4.69) is 10.6 Å². The molecule has 0 heterocycles. The molecular formula is C14H20N4O3. The van der Waals surface area contributed by atoms with Crippen LogP contribution in [0.15, 0.2) is 24.3 Å². The average Bonchev–Trinajstić information content (AvgIpc) is 2.99. The van der Waals surface area contributed by atoms with Gasteiger partial charge in [-0.05, 0) is 24.8 Å². The van der Waals surface area contributed by atoms with Crippen molar-refractivity contribution in [2.24, 2.45) is 11.7 Å². The van der Waals surface area contributed by atoms with Gasteiger partial charge in [-0.1, -0.05) is 18.9 Å². The van der Waals surface area contributed by atoms with Crippen LogP contribution in [0.3, 0.4) is 0 Å². The lowest BCUT2D eigenvalue weighted by atomic mass is 9.98. The van der Waals surface area contributed by atoms with Crippen LogP contribution < -0.4 is 16.4 Å². The van der Waals surface area contributed by atoms with Crippen molar-refractivity contribution in [2.45, 2.75) is 31.7 Å². The Morgan fingerprint density at radius 2 is 2.14 bits per heavy atom. The molecule has 1 aliphatic carbocycles. The predicted octanol–water partition coefficient (Wildman–Crippen LogP) is 2.23. The fourth-order valence-corrected chi connectivity index (χ4v) is 2.76. The van der Waals surface area contributed by atoms with Gasteiger partial charge in [-0.15, -0.1) is 0 Å². The van der Waals surface area contributed by atoms with Gasteiger partial charge in [-0.2, -0.15) is 0 Å². The summed E-state index contributed by atoms with van der Waals surface area (Å²) < 4.78 is 0. The highest BCUT2D eigenvalue weighted by atomic mass is 16.6. The number of carbonyl (C=O) groups is 1. The van der Waals surface area contributed by atoms with Gasteiger partial charge in [0, 0.05) is 30.4 Å². The van der Waals surface area contributed by atoms with Gasteiger partial charge in [-0.3, -0.25) is 10.1 Å². The highest BCUT2D eigenvalue weighted by molar-refractivity contribution is 5.89. The monoisotopic (exact) mass is 292 g/mol. The molecule has 0 saturated heterocycles. The first-order valence-electron chi connectivity index (χ1n) is 7.12. The first-order valence-corrected chi connectivity index (χ1v) is 7.12. The summed E-state index contributed by atoms with van der Waals surface area (Å²) in [6.45, 7) is 0.396. The van der Waals surface area contributed by atoms with Gasteiger partial charge >= 0.3 is 6.03 Å². The van der Waals surface area contributed by atoms with E-state index in [1.165, 1.54) is 31.0 Å². The fourth-order valence-electron chi connectivity index (χ4n) is 2.76. The van der Waals surface area contributed by atoms with E-state index in [9.17, 15) is 14.9 Å². The number of nitrogens with one attached hydrogen (secondary N) is 2. The van der Waals surface area contributed by atoms with Crippen LogP contribution in [0.25, 0.3) is 0 Å². The maximum atomic E-state index is 12.0. The van der Waals surface area contributed by atoms with Crippen molar-refractivity contribution in [1.29, 1.82) is 0 Å². The van der Waals surface area contributed by atoms with E-state index in [0.717, 1.165) is 12.8 Å². The average molecular weight is 292 g/mol. The molecule has 1 aromatic rings.